The third-order valence-electron chi connectivity index (χ3n) is 3.02. The summed E-state index contributed by atoms with van der Waals surface area (Å²) in [4.78, 5) is 25.0. The molecule has 0 heterocycles. The highest BCUT2D eigenvalue weighted by Crippen LogP contribution is 2.27. The number of hydrogen-bond donors (Lipinski definition) is 0. The lowest BCUT2D eigenvalue weighted by atomic mass is 9.92. The molecule has 0 N–H and O–H groups in total. The van der Waals surface area contributed by atoms with Crippen LogP contribution in [0.3, 0.4) is 0 Å². The highest BCUT2D eigenvalue weighted by molar-refractivity contribution is 6.30. The zero-order valence-corrected chi connectivity index (χ0v) is 13.2. The van der Waals surface area contributed by atoms with E-state index in [2.05, 4.69) is 0 Å². The minimum absolute atomic E-state index is 0.554. The van der Waals surface area contributed by atoms with Crippen LogP contribution in [-0.4, -0.2) is 29.9 Å². The molecule has 5 heteroatoms. The molecule has 0 bridgehead atoms. The van der Waals surface area contributed by atoms with E-state index in [9.17, 15) is 9.59 Å². The van der Waals surface area contributed by atoms with E-state index in [1.54, 1.807) is 52.0 Å². The van der Waals surface area contributed by atoms with Crippen LogP contribution in [0, 0.1) is 0 Å². The fourth-order valence-electron chi connectivity index (χ4n) is 1.65. The summed E-state index contributed by atoms with van der Waals surface area (Å²) in [7, 11) is 1.54. The largest absolute Gasteiger partial charge is 0.444 e. The zero-order chi connectivity index (χ0) is 15.6. The van der Waals surface area contributed by atoms with Crippen LogP contribution >= 0.6 is 11.6 Å². The number of nitrogens with zero attached hydrogens (tertiary/aromatic N) is 1. The summed E-state index contributed by atoms with van der Waals surface area (Å²) >= 11 is 5.84. The lowest BCUT2D eigenvalue weighted by Gasteiger charge is -2.35. The average molecular weight is 298 g/mol. The topological polar surface area (TPSA) is 46.6 Å². The first kappa shape index (κ1) is 16.5. The molecular weight excluding hydrogens is 278 g/mol. The molecule has 1 amide bonds. The van der Waals surface area contributed by atoms with Gasteiger partial charge in [0, 0.05) is 12.1 Å². The molecule has 1 rings (SSSR count). The van der Waals surface area contributed by atoms with Crippen molar-refractivity contribution in [1.29, 1.82) is 0 Å². The monoisotopic (exact) mass is 297 g/mol. The van der Waals surface area contributed by atoms with Crippen molar-refractivity contribution >= 4 is 24.0 Å². The Kier molecular flexibility index (Phi) is 4.81. The summed E-state index contributed by atoms with van der Waals surface area (Å²) in [6, 6.07) is 6.80. The van der Waals surface area contributed by atoms with Gasteiger partial charge in [0.2, 0.25) is 0 Å². The minimum Gasteiger partial charge on any atom is -0.444 e. The van der Waals surface area contributed by atoms with Gasteiger partial charge in [0.25, 0.3) is 0 Å². The number of hydrogen-bond acceptors (Lipinski definition) is 3. The predicted octanol–water partition coefficient (Wildman–Crippen LogP) is 3.62. The quantitative estimate of drug-likeness (QED) is 0.801. The molecule has 1 aromatic rings. The smallest absolute Gasteiger partial charge is 0.411 e. The normalized spacial score (nSPS) is 14.3. The molecule has 0 saturated carbocycles. The number of halogens is 1. The van der Waals surface area contributed by atoms with E-state index >= 15 is 0 Å². The number of benzene rings is 1. The first-order valence-electron chi connectivity index (χ1n) is 6.29. The van der Waals surface area contributed by atoms with Crippen molar-refractivity contribution in [2.45, 2.75) is 38.8 Å². The van der Waals surface area contributed by atoms with Crippen LogP contribution in [0.2, 0.25) is 5.02 Å². The van der Waals surface area contributed by atoms with Gasteiger partial charge in [-0.3, -0.25) is 4.90 Å². The summed E-state index contributed by atoms with van der Waals surface area (Å²) in [5.74, 6) is 0. The van der Waals surface area contributed by atoms with Gasteiger partial charge in [0.05, 0.1) is 0 Å². The van der Waals surface area contributed by atoms with Crippen LogP contribution in [0.1, 0.15) is 33.3 Å². The summed E-state index contributed by atoms with van der Waals surface area (Å²) in [5.41, 5.74) is -1.05. The molecule has 0 fully saturated rings. The third-order valence-corrected chi connectivity index (χ3v) is 3.27. The number of amides is 1. The van der Waals surface area contributed by atoms with Gasteiger partial charge in [0.1, 0.15) is 17.4 Å². The summed E-state index contributed by atoms with van der Waals surface area (Å²) in [6.07, 6.45) is 0.169. The van der Waals surface area contributed by atoms with Crippen molar-refractivity contribution in [3.05, 3.63) is 34.9 Å². The number of likely N-dealkylation sites (N-methyl/N-ethyl adjacent to an activating group) is 1. The Bertz CT molecular complexity index is 493. The Balaban J connectivity index is 3.07. The van der Waals surface area contributed by atoms with Gasteiger partial charge in [-0.25, -0.2) is 4.79 Å². The second-order valence-corrected chi connectivity index (χ2v) is 6.25. The van der Waals surface area contributed by atoms with E-state index in [0.717, 1.165) is 6.29 Å². The van der Waals surface area contributed by atoms with Crippen LogP contribution in [-0.2, 0) is 15.1 Å². The molecular formula is C15H20ClNO3. The van der Waals surface area contributed by atoms with Gasteiger partial charge in [-0.1, -0.05) is 23.7 Å². The second kappa shape index (κ2) is 5.83. The number of rotatable bonds is 3. The SMILES string of the molecule is CN(C(=O)OC(C)(C)C)C(C)(C=O)c1ccc(Cl)cc1. The van der Waals surface area contributed by atoms with Crippen molar-refractivity contribution in [3.63, 3.8) is 0 Å². The molecule has 0 aliphatic heterocycles. The van der Waals surface area contributed by atoms with E-state index in [1.807, 2.05) is 0 Å². The van der Waals surface area contributed by atoms with Gasteiger partial charge in [-0.05, 0) is 45.4 Å². The fraction of sp³-hybridized carbons (Fsp3) is 0.467. The van der Waals surface area contributed by atoms with Crippen LogP contribution in [0.4, 0.5) is 4.79 Å². The van der Waals surface area contributed by atoms with Gasteiger partial charge in [-0.15, -0.1) is 0 Å². The molecule has 1 atom stereocenters. The summed E-state index contributed by atoms with van der Waals surface area (Å²) < 4.78 is 5.29. The van der Waals surface area contributed by atoms with Crippen molar-refractivity contribution < 1.29 is 14.3 Å². The van der Waals surface area contributed by atoms with Crippen molar-refractivity contribution in [3.8, 4) is 0 Å². The Morgan fingerprint density at radius 2 is 1.70 bits per heavy atom. The average Bonchev–Trinajstić information content (AvgIpc) is 2.35. The summed E-state index contributed by atoms with van der Waals surface area (Å²) in [6.45, 7) is 6.99. The minimum atomic E-state index is -1.10. The van der Waals surface area contributed by atoms with Crippen molar-refractivity contribution in [2.75, 3.05) is 7.05 Å². The van der Waals surface area contributed by atoms with Crippen LogP contribution in [0.15, 0.2) is 24.3 Å². The number of carbonyl (C=O) groups excluding carboxylic acids is 2. The first-order valence-corrected chi connectivity index (χ1v) is 6.67. The molecule has 0 radical (unpaired) electrons. The Morgan fingerprint density at radius 3 is 2.10 bits per heavy atom. The number of ether oxygens (including phenoxy) is 1. The van der Waals surface area contributed by atoms with E-state index in [0.29, 0.717) is 10.6 Å². The van der Waals surface area contributed by atoms with Crippen LogP contribution in [0.25, 0.3) is 0 Å². The second-order valence-electron chi connectivity index (χ2n) is 5.81. The molecule has 20 heavy (non-hydrogen) atoms. The highest BCUT2D eigenvalue weighted by atomic mass is 35.5. The Morgan fingerprint density at radius 1 is 1.20 bits per heavy atom. The van der Waals surface area contributed by atoms with E-state index in [4.69, 9.17) is 16.3 Å². The maximum atomic E-state index is 12.1. The molecule has 0 aliphatic rings. The molecule has 1 aromatic carbocycles. The van der Waals surface area contributed by atoms with Gasteiger partial charge < -0.3 is 9.53 Å². The number of carbonyl (C=O) groups is 2. The maximum absolute atomic E-state index is 12.1. The molecule has 0 aromatic heterocycles. The molecule has 1 unspecified atom stereocenters. The molecule has 110 valence electrons. The number of aldehydes is 1. The Labute approximate surface area is 124 Å². The van der Waals surface area contributed by atoms with E-state index in [1.165, 1.54) is 11.9 Å². The molecule has 0 aliphatic carbocycles. The maximum Gasteiger partial charge on any atom is 0.411 e. The van der Waals surface area contributed by atoms with Crippen LogP contribution in [0.5, 0.6) is 0 Å². The van der Waals surface area contributed by atoms with E-state index in [-0.39, 0.29) is 0 Å². The lowest BCUT2D eigenvalue weighted by molar-refractivity contribution is -0.117. The summed E-state index contributed by atoms with van der Waals surface area (Å²) in [5, 5.41) is 0.571. The molecule has 0 saturated heterocycles. The third kappa shape index (κ3) is 3.73. The zero-order valence-electron chi connectivity index (χ0n) is 12.4. The lowest BCUT2D eigenvalue weighted by Crippen LogP contribution is -2.48. The van der Waals surface area contributed by atoms with Gasteiger partial charge in [-0.2, -0.15) is 0 Å². The highest BCUT2D eigenvalue weighted by Gasteiger charge is 2.36. The van der Waals surface area contributed by atoms with Gasteiger partial charge >= 0.3 is 6.09 Å². The van der Waals surface area contributed by atoms with Gasteiger partial charge in [0.15, 0.2) is 0 Å². The van der Waals surface area contributed by atoms with Crippen molar-refractivity contribution in [2.24, 2.45) is 0 Å². The Hall–Kier alpha value is -1.55. The van der Waals surface area contributed by atoms with Crippen molar-refractivity contribution in [1.82, 2.24) is 4.90 Å². The van der Waals surface area contributed by atoms with E-state index < -0.39 is 17.2 Å². The standard InChI is InChI=1S/C15H20ClNO3/c1-14(2,3)20-13(19)17(5)15(4,10-18)11-6-8-12(16)9-7-11/h6-10H,1-5H3. The first-order chi connectivity index (χ1) is 9.10. The fourth-order valence-corrected chi connectivity index (χ4v) is 1.77. The molecule has 0 spiro atoms. The predicted molar refractivity (Wildman–Crippen MR) is 78.9 cm³/mol. The molecule has 4 nitrogen and oxygen atoms in total. The van der Waals surface area contributed by atoms with Crippen LogP contribution < -0.4 is 0 Å².